The third kappa shape index (κ3) is 2.77. The Kier molecular flexibility index (Phi) is 4.19. The van der Waals surface area contributed by atoms with Gasteiger partial charge in [0.05, 0.1) is 35.7 Å². The summed E-state index contributed by atoms with van der Waals surface area (Å²) in [6.45, 7) is 1.88. The lowest BCUT2D eigenvalue weighted by atomic mass is 10.2. The number of ether oxygens (including phenoxy) is 1. The van der Waals surface area contributed by atoms with E-state index in [1.165, 1.54) is 17.1 Å². The lowest BCUT2D eigenvalue weighted by Gasteiger charge is -2.09. The molecular weight excluding hydrogens is 268 g/mol. The van der Waals surface area contributed by atoms with Gasteiger partial charge in [0, 0.05) is 11.8 Å². The minimum atomic E-state index is -0.439. The van der Waals surface area contributed by atoms with Gasteiger partial charge in [-0.15, -0.1) is 0 Å². The van der Waals surface area contributed by atoms with Crippen molar-refractivity contribution >= 4 is 17.6 Å². The highest BCUT2D eigenvalue weighted by Crippen LogP contribution is 2.24. The van der Waals surface area contributed by atoms with Gasteiger partial charge in [-0.25, -0.2) is 9.48 Å². The molecule has 0 spiro atoms. The molecular formula is C13H13ClN2O3. The molecule has 5 nitrogen and oxygen atoms in total. The Labute approximate surface area is 115 Å². The monoisotopic (exact) mass is 280 g/mol. The van der Waals surface area contributed by atoms with Crippen molar-refractivity contribution in [2.75, 3.05) is 6.61 Å². The molecule has 0 aliphatic rings. The third-order valence-electron chi connectivity index (χ3n) is 2.56. The molecule has 0 fully saturated rings. The van der Waals surface area contributed by atoms with Crippen LogP contribution in [0.4, 0.5) is 0 Å². The number of halogens is 1. The fourth-order valence-corrected chi connectivity index (χ4v) is 1.99. The Balaban J connectivity index is 2.41. The molecule has 1 heterocycles. The normalized spacial score (nSPS) is 10.5. The maximum absolute atomic E-state index is 11.6. The van der Waals surface area contributed by atoms with Crippen molar-refractivity contribution in [1.29, 1.82) is 0 Å². The number of para-hydroxylation sites is 1. The standard InChI is InChI=1S/C13H13ClN2O3/c1-2-19-13(18)10-6-15-16(7-10)12-9(8-17)4-3-5-11(12)14/h3-7,17H,2,8H2,1H3. The molecule has 0 aliphatic heterocycles. The van der Waals surface area contributed by atoms with Crippen LogP contribution >= 0.6 is 11.6 Å². The molecule has 2 aromatic rings. The number of rotatable bonds is 4. The third-order valence-corrected chi connectivity index (χ3v) is 2.87. The number of carbonyl (C=O) groups excluding carboxylic acids is 1. The Morgan fingerprint density at radius 2 is 2.32 bits per heavy atom. The number of benzene rings is 1. The van der Waals surface area contributed by atoms with Crippen molar-refractivity contribution in [2.45, 2.75) is 13.5 Å². The van der Waals surface area contributed by atoms with Gasteiger partial charge in [0.2, 0.25) is 0 Å². The van der Waals surface area contributed by atoms with Gasteiger partial charge in [-0.1, -0.05) is 23.7 Å². The van der Waals surface area contributed by atoms with Crippen LogP contribution in [0.5, 0.6) is 0 Å². The van der Waals surface area contributed by atoms with Gasteiger partial charge < -0.3 is 9.84 Å². The maximum Gasteiger partial charge on any atom is 0.341 e. The predicted molar refractivity (Wildman–Crippen MR) is 70.5 cm³/mol. The van der Waals surface area contributed by atoms with E-state index in [0.717, 1.165) is 0 Å². The van der Waals surface area contributed by atoms with E-state index < -0.39 is 5.97 Å². The van der Waals surface area contributed by atoms with E-state index >= 15 is 0 Å². The van der Waals surface area contributed by atoms with Gasteiger partial charge in [0.25, 0.3) is 0 Å². The van der Waals surface area contributed by atoms with Gasteiger partial charge in [-0.3, -0.25) is 0 Å². The average Bonchev–Trinajstić information content (AvgIpc) is 2.88. The van der Waals surface area contributed by atoms with E-state index in [1.807, 2.05) is 0 Å². The number of hydrogen-bond acceptors (Lipinski definition) is 4. The zero-order chi connectivity index (χ0) is 13.8. The van der Waals surface area contributed by atoms with Crippen LogP contribution < -0.4 is 0 Å². The number of aromatic nitrogens is 2. The number of nitrogens with zero attached hydrogens (tertiary/aromatic N) is 2. The molecule has 0 saturated heterocycles. The van der Waals surface area contributed by atoms with Crippen LogP contribution in [-0.2, 0) is 11.3 Å². The van der Waals surface area contributed by atoms with E-state index in [0.29, 0.717) is 28.4 Å². The molecule has 0 unspecified atom stereocenters. The average molecular weight is 281 g/mol. The molecule has 1 aromatic heterocycles. The molecule has 0 radical (unpaired) electrons. The second kappa shape index (κ2) is 5.86. The van der Waals surface area contributed by atoms with Gasteiger partial charge >= 0.3 is 5.97 Å². The number of aliphatic hydroxyl groups excluding tert-OH is 1. The van der Waals surface area contributed by atoms with Crippen LogP contribution in [0, 0.1) is 0 Å². The van der Waals surface area contributed by atoms with Crippen LogP contribution in [0.1, 0.15) is 22.8 Å². The maximum atomic E-state index is 11.6. The molecule has 1 N–H and O–H groups in total. The van der Waals surface area contributed by atoms with Crippen molar-refractivity contribution in [2.24, 2.45) is 0 Å². The largest absolute Gasteiger partial charge is 0.462 e. The molecule has 1 aromatic carbocycles. The van der Waals surface area contributed by atoms with Crippen molar-refractivity contribution in [3.63, 3.8) is 0 Å². The summed E-state index contributed by atoms with van der Waals surface area (Å²) in [5.41, 5.74) is 1.53. The first-order valence-electron chi connectivity index (χ1n) is 5.77. The highest BCUT2D eigenvalue weighted by molar-refractivity contribution is 6.32. The van der Waals surface area contributed by atoms with Crippen molar-refractivity contribution in [3.8, 4) is 5.69 Å². The summed E-state index contributed by atoms with van der Waals surface area (Å²) in [6, 6.07) is 5.18. The summed E-state index contributed by atoms with van der Waals surface area (Å²) < 4.78 is 6.35. The van der Waals surface area contributed by atoms with Gasteiger partial charge in [0.1, 0.15) is 0 Å². The van der Waals surface area contributed by atoms with Gasteiger partial charge in [0.15, 0.2) is 0 Å². The minimum Gasteiger partial charge on any atom is -0.462 e. The number of aliphatic hydroxyl groups is 1. The highest BCUT2D eigenvalue weighted by atomic mass is 35.5. The summed E-state index contributed by atoms with van der Waals surface area (Å²) in [4.78, 5) is 11.6. The second-order valence-corrected chi connectivity index (χ2v) is 4.21. The van der Waals surface area contributed by atoms with Crippen LogP contribution in [0.3, 0.4) is 0 Å². The van der Waals surface area contributed by atoms with E-state index in [9.17, 15) is 9.90 Å². The smallest absolute Gasteiger partial charge is 0.341 e. The number of hydrogen-bond donors (Lipinski definition) is 1. The Bertz CT molecular complexity index is 595. The summed E-state index contributed by atoms with van der Waals surface area (Å²) in [7, 11) is 0. The second-order valence-electron chi connectivity index (χ2n) is 3.80. The topological polar surface area (TPSA) is 64.3 Å². The number of esters is 1. The molecule has 0 saturated carbocycles. The molecule has 2 rings (SSSR count). The van der Waals surface area contributed by atoms with Gasteiger partial charge in [-0.2, -0.15) is 5.10 Å². The highest BCUT2D eigenvalue weighted by Gasteiger charge is 2.14. The summed E-state index contributed by atoms with van der Waals surface area (Å²) in [6.07, 6.45) is 2.93. The molecule has 0 aliphatic carbocycles. The van der Waals surface area contributed by atoms with Gasteiger partial charge in [-0.05, 0) is 13.0 Å². The first kappa shape index (κ1) is 13.6. The molecule has 100 valence electrons. The minimum absolute atomic E-state index is 0.162. The van der Waals surface area contributed by atoms with E-state index in [1.54, 1.807) is 25.1 Å². The van der Waals surface area contributed by atoms with Crippen LogP contribution in [-0.4, -0.2) is 27.5 Å². The predicted octanol–water partition coefficient (Wildman–Crippen LogP) is 2.19. The van der Waals surface area contributed by atoms with Crippen molar-refractivity contribution in [1.82, 2.24) is 9.78 Å². The summed E-state index contributed by atoms with van der Waals surface area (Å²) in [5, 5.41) is 13.8. The Hall–Kier alpha value is -1.85. The fraction of sp³-hybridized carbons (Fsp3) is 0.231. The Morgan fingerprint density at radius 3 is 3.00 bits per heavy atom. The molecule has 0 bridgehead atoms. The van der Waals surface area contributed by atoms with E-state index in [2.05, 4.69) is 5.10 Å². The molecule has 6 heteroatoms. The van der Waals surface area contributed by atoms with Crippen molar-refractivity contribution in [3.05, 3.63) is 46.7 Å². The van der Waals surface area contributed by atoms with E-state index in [-0.39, 0.29) is 6.61 Å². The lowest BCUT2D eigenvalue weighted by Crippen LogP contribution is -2.04. The molecule has 0 atom stereocenters. The fourth-order valence-electron chi connectivity index (χ4n) is 1.71. The van der Waals surface area contributed by atoms with E-state index in [4.69, 9.17) is 16.3 Å². The lowest BCUT2D eigenvalue weighted by molar-refractivity contribution is 0.0526. The van der Waals surface area contributed by atoms with Crippen LogP contribution in [0.25, 0.3) is 5.69 Å². The van der Waals surface area contributed by atoms with Crippen LogP contribution in [0.15, 0.2) is 30.6 Å². The summed E-state index contributed by atoms with van der Waals surface area (Å²) in [5.74, 6) is -0.439. The molecule has 19 heavy (non-hydrogen) atoms. The van der Waals surface area contributed by atoms with Crippen LogP contribution in [0.2, 0.25) is 5.02 Å². The molecule has 0 amide bonds. The Morgan fingerprint density at radius 1 is 1.53 bits per heavy atom. The first-order chi connectivity index (χ1) is 9.17. The SMILES string of the molecule is CCOC(=O)c1cnn(-c2c(Cl)cccc2CO)c1. The first-order valence-corrected chi connectivity index (χ1v) is 6.15. The number of carbonyl (C=O) groups is 1. The quantitative estimate of drug-likeness (QED) is 0.872. The van der Waals surface area contributed by atoms with Crippen molar-refractivity contribution < 1.29 is 14.6 Å². The zero-order valence-corrected chi connectivity index (χ0v) is 11.1. The summed E-state index contributed by atoms with van der Waals surface area (Å²) >= 11 is 6.10. The zero-order valence-electron chi connectivity index (χ0n) is 10.3.